The molecule has 0 aliphatic rings. The lowest BCUT2D eigenvalue weighted by molar-refractivity contribution is 1.61. The van der Waals surface area contributed by atoms with E-state index in [1.807, 2.05) is 0 Å². The lowest BCUT2D eigenvalue weighted by atomic mass is 9.89. The third-order valence-electron chi connectivity index (χ3n) is 9.50. The Kier molecular flexibility index (Phi) is 6.25. The van der Waals surface area contributed by atoms with Gasteiger partial charge in [-0.05, 0) is 93.7 Å². The number of benzene rings is 9. The summed E-state index contributed by atoms with van der Waals surface area (Å²) in [4.78, 5) is 0. The van der Waals surface area contributed by atoms with E-state index in [9.17, 15) is 0 Å². The van der Waals surface area contributed by atoms with Crippen LogP contribution in [-0.4, -0.2) is 0 Å². The van der Waals surface area contributed by atoms with Crippen molar-refractivity contribution < 1.29 is 0 Å². The summed E-state index contributed by atoms with van der Waals surface area (Å²) in [6.07, 6.45) is 0. The zero-order valence-corrected chi connectivity index (χ0v) is 25.3. The van der Waals surface area contributed by atoms with Crippen LogP contribution in [0, 0.1) is 0 Å². The summed E-state index contributed by atoms with van der Waals surface area (Å²) in [5, 5.41) is 10.2. The third-order valence-corrected chi connectivity index (χ3v) is 9.50. The molecule has 0 N–H and O–H groups in total. The van der Waals surface area contributed by atoms with E-state index >= 15 is 0 Å². The van der Waals surface area contributed by atoms with Crippen LogP contribution in [0.1, 0.15) is 0 Å². The molecule has 0 atom stereocenters. The molecular weight excluding hydrogens is 553 g/mol. The van der Waals surface area contributed by atoms with Crippen LogP contribution in [0.3, 0.4) is 0 Å². The lowest BCUT2D eigenvalue weighted by Crippen LogP contribution is -1.88. The van der Waals surface area contributed by atoms with E-state index in [1.165, 1.54) is 87.6 Å². The molecule has 0 saturated carbocycles. The molecule has 0 spiro atoms. The average Bonchev–Trinajstić information content (AvgIpc) is 3.14. The van der Waals surface area contributed by atoms with Crippen molar-refractivity contribution in [3.05, 3.63) is 182 Å². The molecule has 0 aliphatic carbocycles. The second-order valence-electron chi connectivity index (χ2n) is 12.1. The van der Waals surface area contributed by atoms with Crippen molar-refractivity contribution in [2.75, 3.05) is 0 Å². The van der Waals surface area contributed by atoms with Gasteiger partial charge in [0.25, 0.3) is 0 Å². The minimum atomic E-state index is 1.22. The predicted molar refractivity (Wildman–Crippen MR) is 198 cm³/mol. The first-order valence-electron chi connectivity index (χ1n) is 15.9. The molecule has 0 unspecified atom stereocenters. The molecular formula is C46H30. The van der Waals surface area contributed by atoms with Gasteiger partial charge in [-0.3, -0.25) is 0 Å². The minimum Gasteiger partial charge on any atom is -0.0616 e. The first-order valence-corrected chi connectivity index (χ1v) is 15.9. The molecule has 0 saturated heterocycles. The molecule has 0 fully saturated rings. The van der Waals surface area contributed by atoms with Gasteiger partial charge in [-0.15, -0.1) is 0 Å². The molecule has 0 radical (unpaired) electrons. The van der Waals surface area contributed by atoms with Crippen molar-refractivity contribution in [2.45, 2.75) is 0 Å². The Bertz CT molecular complexity index is 2550. The summed E-state index contributed by atoms with van der Waals surface area (Å²) >= 11 is 0. The molecule has 0 aromatic heterocycles. The van der Waals surface area contributed by atoms with Gasteiger partial charge >= 0.3 is 0 Å². The van der Waals surface area contributed by atoms with E-state index in [2.05, 4.69) is 182 Å². The van der Waals surface area contributed by atoms with Crippen molar-refractivity contribution in [3.63, 3.8) is 0 Å². The highest BCUT2D eigenvalue weighted by Crippen LogP contribution is 2.39. The molecule has 0 aliphatic heterocycles. The highest BCUT2D eigenvalue weighted by atomic mass is 14.2. The first kappa shape index (κ1) is 26.4. The lowest BCUT2D eigenvalue weighted by Gasteiger charge is -2.14. The third kappa shape index (κ3) is 4.38. The fourth-order valence-electron chi connectivity index (χ4n) is 7.23. The maximum Gasteiger partial charge on any atom is -0.00990 e. The Balaban J connectivity index is 1.10. The monoisotopic (exact) mass is 582 g/mol. The van der Waals surface area contributed by atoms with Crippen molar-refractivity contribution in [3.8, 4) is 44.5 Å². The Morgan fingerprint density at radius 1 is 0.196 bits per heavy atom. The molecule has 214 valence electrons. The van der Waals surface area contributed by atoms with Gasteiger partial charge in [0.05, 0.1) is 0 Å². The second-order valence-corrected chi connectivity index (χ2v) is 12.1. The molecule has 46 heavy (non-hydrogen) atoms. The smallest absolute Gasteiger partial charge is 0.00990 e. The van der Waals surface area contributed by atoms with Crippen molar-refractivity contribution in [1.29, 1.82) is 0 Å². The zero-order valence-electron chi connectivity index (χ0n) is 25.3. The fraction of sp³-hybridized carbons (Fsp3) is 0. The van der Waals surface area contributed by atoms with Gasteiger partial charge in [-0.25, -0.2) is 0 Å². The molecule has 0 heteroatoms. The number of hydrogen-bond donors (Lipinski definition) is 0. The van der Waals surface area contributed by atoms with Crippen molar-refractivity contribution in [1.82, 2.24) is 0 Å². The summed E-state index contributed by atoms with van der Waals surface area (Å²) in [7, 11) is 0. The van der Waals surface area contributed by atoms with Gasteiger partial charge in [0.2, 0.25) is 0 Å². The van der Waals surface area contributed by atoms with Crippen LogP contribution < -0.4 is 0 Å². The van der Waals surface area contributed by atoms with E-state index in [-0.39, 0.29) is 0 Å². The van der Waals surface area contributed by atoms with Crippen molar-refractivity contribution >= 4 is 43.1 Å². The summed E-state index contributed by atoms with van der Waals surface area (Å²) in [6, 6.07) is 66.5. The molecule has 0 nitrogen and oxygen atoms in total. The van der Waals surface area contributed by atoms with Crippen LogP contribution >= 0.6 is 0 Å². The Labute approximate surface area is 268 Å². The second kappa shape index (κ2) is 10.9. The van der Waals surface area contributed by atoms with Crippen molar-refractivity contribution in [2.24, 2.45) is 0 Å². The van der Waals surface area contributed by atoms with E-state index in [0.29, 0.717) is 0 Å². The van der Waals surface area contributed by atoms with Gasteiger partial charge in [-0.1, -0.05) is 176 Å². The highest BCUT2D eigenvalue weighted by molar-refractivity contribution is 6.14. The zero-order chi connectivity index (χ0) is 30.5. The molecule has 0 bridgehead atoms. The van der Waals surface area contributed by atoms with E-state index in [4.69, 9.17) is 0 Å². The average molecular weight is 583 g/mol. The Morgan fingerprint density at radius 2 is 0.565 bits per heavy atom. The van der Waals surface area contributed by atoms with E-state index < -0.39 is 0 Å². The minimum absolute atomic E-state index is 1.22. The van der Waals surface area contributed by atoms with Crippen LogP contribution in [-0.2, 0) is 0 Å². The number of rotatable bonds is 4. The SMILES string of the molecule is c1ccc2c(-c3ccc(-c4ccc(-c5ccc(-c6cc7ccccc7c7ccccc67)cc5)c5ccccc45)cc3)cccc2c1. The van der Waals surface area contributed by atoms with E-state index in [0.717, 1.165) is 0 Å². The largest absolute Gasteiger partial charge is 0.0616 e. The van der Waals surface area contributed by atoms with Gasteiger partial charge < -0.3 is 0 Å². The number of hydrogen-bond acceptors (Lipinski definition) is 0. The van der Waals surface area contributed by atoms with Crippen LogP contribution in [0.15, 0.2) is 182 Å². The van der Waals surface area contributed by atoms with Crippen LogP contribution in [0.4, 0.5) is 0 Å². The summed E-state index contributed by atoms with van der Waals surface area (Å²) < 4.78 is 0. The molecule has 0 amide bonds. The van der Waals surface area contributed by atoms with Crippen LogP contribution in [0.25, 0.3) is 87.6 Å². The summed E-state index contributed by atoms with van der Waals surface area (Å²) in [6.45, 7) is 0. The maximum atomic E-state index is 2.34. The Hall–Kier alpha value is -5.98. The maximum absolute atomic E-state index is 2.34. The van der Waals surface area contributed by atoms with Gasteiger partial charge in [0.15, 0.2) is 0 Å². The van der Waals surface area contributed by atoms with Crippen LogP contribution in [0.5, 0.6) is 0 Å². The quantitative estimate of drug-likeness (QED) is 0.181. The topological polar surface area (TPSA) is 0 Å². The normalized spacial score (nSPS) is 11.5. The molecule has 9 rings (SSSR count). The Morgan fingerprint density at radius 3 is 1.13 bits per heavy atom. The molecule has 9 aromatic rings. The summed E-state index contributed by atoms with van der Waals surface area (Å²) in [5.41, 5.74) is 9.97. The first-order chi connectivity index (χ1) is 22.8. The van der Waals surface area contributed by atoms with Gasteiger partial charge in [0.1, 0.15) is 0 Å². The van der Waals surface area contributed by atoms with Gasteiger partial charge in [-0.2, -0.15) is 0 Å². The summed E-state index contributed by atoms with van der Waals surface area (Å²) in [5.74, 6) is 0. The van der Waals surface area contributed by atoms with E-state index in [1.54, 1.807) is 0 Å². The number of fused-ring (bicyclic) bond motifs is 5. The highest BCUT2D eigenvalue weighted by Gasteiger charge is 2.12. The predicted octanol–water partition coefficient (Wildman–Crippen LogP) is 13.0. The standard InChI is InChI=1S/C46H30/c1-3-13-37-31(10-1)12-9-19-38(37)32-20-22-33(23-21-32)40-28-29-41(44-17-6-5-16-43(40)44)34-24-26-35(27-25-34)46-30-36-11-2-4-14-39(36)42-15-7-8-18-45(42)46/h1-30H. The van der Waals surface area contributed by atoms with Gasteiger partial charge in [0, 0.05) is 0 Å². The van der Waals surface area contributed by atoms with Crippen LogP contribution in [0.2, 0.25) is 0 Å². The fourth-order valence-corrected chi connectivity index (χ4v) is 7.23. The molecule has 9 aromatic carbocycles. The molecule has 0 heterocycles.